The van der Waals surface area contributed by atoms with Crippen LogP contribution in [0.4, 0.5) is 10.1 Å². The van der Waals surface area contributed by atoms with Gasteiger partial charge in [-0.15, -0.1) is 0 Å². The minimum atomic E-state index is -3.73. The molecule has 0 bridgehead atoms. The smallest absolute Gasteiger partial charge is 0.262 e. The Morgan fingerprint density at radius 3 is 2.55 bits per heavy atom. The Balaban J connectivity index is 2.35. The Morgan fingerprint density at radius 1 is 1.15 bits per heavy atom. The molecular weight excluding hydrogens is 281 g/mol. The van der Waals surface area contributed by atoms with E-state index < -0.39 is 15.8 Å². The van der Waals surface area contributed by atoms with Crippen molar-refractivity contribution in [3.63, 3.8) is 0 Å². The largest absolute Gasteiger partial charge is 0.497 e. The first-order chi connectivity index (χ1) is 9.42. The zero-order chi connectivity index (χ0) is 14.8. The lowest BCUT2D eigenvalue weighted by molar-refractivity contribution is 0.413. The highest BCUT2D eigenvalue weighted by atomic mass is 32.2. The number of hydrogen-bond acceptors (Lipinski definition) is 3. The number of aryl methyl sites for hydroxylation is 1. The molecule has 6 heteroatoms. The average molecular weight is 295 g/mol. The predicted octanol–water partition coefficient (Wildman–Crippen LogP) is 2.94. The first-order valence-corrected chi connectivity index (χ1v) is 7.34. The van der Waals surface area contributed by atoms with Crippen LogP contribution in [0.1, 0.15) is 5.56 Å². The molecule has 0 radical (unpaired) electrons. The normalized spacial score (nSPS) is 11.2. The highest BCUT2D eigenvalue weighted by Gasteiger charge is 2.16. The van der Waals surface area contributed by atoms with Gasteiger partial charge in [0.1, 0.15) is 11.6 Å². The van der Waals surface area contributed by atoms with Gasteiger partial charge in [0.15, 0.2) is 0 Å². The van der Waals surface area contributed by atoms with E-state index >= 15 is 0 Å². The van der Waals surface area contributed by atoms with E-state index in [2.05, 4.69) is 4.72 Å². The molecule has 0 unspecified atom stereocenters. The molecule has 0 saturated heterocycles. The number of benzene rings is 2. The minimum Gasteiger partial charge on any atom is -0.497 e. The Kier molecular flexibility index (Phi) is 3.94. The average Bonchev–Trinajstić information content (AvgIpc) is 2.42. The molecule has 4 nitrogen and oxygen atoms in total. The summed E-state index contributed by atoms with van der Waals surface area (Å²) in [4.78, 5) is 0.0839. The van der Waals surface area contributed by atoms with Crippen molar-refractivity contribution >= 4 is 15.7 Å². The molecule has 2 aromatic rings. The molecule has 1 N–H and O–H groups in total. The van der Waals surface area contributed by atoms with E-state index in [1.165, 1.54) is 37.4 Å². The molecule has 0 aromatic heterocycles. The highest BCUT2D eigenvalue weighted by Crippen LogP contribution is 2.22. The van der Waals surface area contributed by atoms with Gasteiger partial charge in [-0.2, -0.15) is 0 Å². The van der Waals surface area contributed by atoms with Crippen LogP contribution in [-0.4, -0.2) is 15.5 Å². The van der Waals surface area contributed by atoms with Gasteiger partial charge in [0.2, 0.25) is 0 Å². The number of rotatable bonds is 4. The Labute approximate surface area is 117 Å². The quantitative estimate of drug-likeness (QED) is 0.943. The number of anilines is 1. The first-order valence-electron chi connectivity index (χ1n) is 5.85. The molecule has 2 aromatic carbocycles. The maximum absolute atomic E-state index is 13.0. The third-order valence-electron chi connectivity index (χ3n) is 2.78. The lowest BCUT2D eigenvalue weighted by Gasteiger charge is -2.11. The fraction of sp³-hybridized carbons (Fsp3) is 0.143. The summed E-state index contributed by atoms with van der Waals surface area (Å²) in [5.74, 6) is 0.0375. The Bertz CT molecular complexity index is 729. The Morgan fingerprint density at radius 2 is 1.90 bits per heavy atom. The van der Waals surface area contributed by atoms with Crippen LogP contribution in [0.2, 0.25) is 0 Å². The van der Waals surface area contributed by atoms with Gasteiger partial charge < -0.3 is 4.74 Å². The van der Waals surface area contributed by atoms with Gasteiger partial charge in [-0.25, -0.2) is 12.8 Å². The number of nitrogens with one attached hydrogen (secondary N) is 1. The van der Waals surface area contributed by atoms with E-state index in [-0.39, 0.29) is 4.90 Å². The minimum absolute atomic E-state index is 0.0839. The van der Waals surface area contributed by atoms with E-state index in [1.54, 1.807) is 19.1 Å². The summed E-state index contributed by atoms with van der Waals surface area (Å²) < 4.78 is 44.9. The highest BCUT2D eigenvalue weighted by molar-refractivity contribution is 7.92. The van der Waals surface area contributed by atoms with Crippen molar-refractivity contribution in [3.8, 4) is 5.75 Å². The molecule has 0 spiro atoms. The second-order valence-electron chi connectivity index (χ2n) is 4.24. The van der Waals surface area contributed by atoms with Crippen LogP contribution >= 0.6 is 0 Å². The molecule has 0 fully saturated rings. The molecule has 0 aliphatic rings. The molecule has 0 heterocycles. The fourth-order valence-corrected chi connectivity index (χ4v) is 2.88. The summed E-state index contributed by atoms with van der Waals surface area (Å²) in [5.41, 5.74) is 0.852. The predicted molar refractivity (Wildman–Crippen MR) is 74.9 cm³/mol. The summed E-state index contributed by atoms with van der Waals surface area (Å²) in [6.45, 7) is 1.63. The molecule has 0 saturated carbocycles. The van der Waals surface area contributed by atoms with Crippen LogP contribution in [0.15, 0.2) is 47.4 Å². The van der Waals surface area contributed by atoms with Gasteiger partial charge >= 0.3 is 0 Å². The zero-order valence-electron chi connectivity index (χ0n) is 11.1. The molecule has 0 amide bonds. The van der Waals surface area contributed by atoms with E-state index in [1.807, 2.05) is 0 Å². The third kappa shape index (κ3) is 3.08. The third-order valence-corrected chi connectivity index (χ3v) is 4.15. The molecule has 2 rings (SSSR count). The number of halogens is 1. The van der Waals surface area contributed by atoms with Crippen molar-refractivity contribution in [3.05, 3.63) is 53.8 Å². The lowest BCUT2D eigenvalue weighted by Crippen LogP contribution is -2.13. The summed E-state index contributed by atoms with van der Waals surface area (Å²) in [6, 6.07) is 9.99. The van der Waals surface area contributed by atoms with Gasteiger partial charge in [0, 0.05) is 6.07 Å². The van der Waals surface area contributed by atoms with Crippen molar-refractivity contribution in [2.24, 2.45) is 0 Å². The summed E-state index contributed by atoms with van der Waals surface area (Å²) in [6.07, 6.45) is 0. The van der Waals surface area contributed by atoms with Crippen molar-refractivity contribution < 1.29 is 17.5 Å². The second-order valence-corrected chi connectivity index (χ2v) is 5.93. The number of ether oxygens (including phenoxy) is 1. The summed E-state index contributed by atoms with van der Waals surface area (Å²) in [7, 11) is -2.27. The maximum Gasteiger partial charge on any atom is 0.262 e. The molecule has 20 heavy (non-hydrogen) atoms. The number of sulfonamides is 1. The van der Waals surface area contributed by atoms with Crippen molar-refractivity contribution in [1.82, 2.24) is 0 Å². The first kappa shape index (κ1) is 14.3. The van der Waals surface area contributed by atoms with Crippen molar-refractivity contribution in [1.29, 1.82) is 0 Å². The van der Waals surface area contributed by atoms with Crippen molar-refractivity contribution in [2.45, 2.75) is 11.8 Å². The fourth-order valence-electron chi connectivity index (χ4n) is 1.71. The van der Waals surface area contributed by atoms with E-state index in [0.717, 1.165) is 0 Å². The van der Waals surface area contributed by atoms with Gasteiger partial charge in [-0.1, -0.05) is 6.07 Å². The van der Waals surface area contributed by atoms with Crippen LogP contribution in [-0.2, 0) is 10.0 Å². The van der Waals surface area contributed by atoms with Crippen molar-refractivity contribution in [2.75, 3.05) is 11.8 Å². The monoisotopic (exact) mass is 295 g/mol. The van der Waals surface area contributed by atoms with Crippen LogP contribution < -0.4 is 9.46 Å². The van der Waals surface area contributed by atoms with Crippen LogP contribution in [0.3, 0.4) is 0 Å². The van der Waals surface area contributed by atoms with E-state index in [0.29, 0.717) is 17.0 Å². The van der Waals surface area contributed by atoms with E-state index in [9.17, 15) is 12.8 Å². The lowest BCUT2D eigenvalue weighted by atomic mass is 10.2. The molecular formula is C14H14FNO3S. The summed E-state index contributed by atoms with van der Waals surface area (Å²) in [5, 5.41) is 0. The maximum atomic E-state index is 13.0. The van der Waals surface area contributed by atoms with Gasteiger partial charge in [-0.3, -0.25) is 4.72 Å². The zero-order valence-corrected chi connectivity index (χ0v) is 11.9. The van der Waals surface area contributed by atoms with Gasteiger partial charge in [-0.05, 0) is 42.8 Å². The standard InChI is InChI=1S/C14H14FNO3S/c1-10-8-11(15)6-7-14(10)16-20(17,18)13-5-3-4-12(9-13)19-2/h3-9,16H,1-2H3. The van der Waals surface area contributed by atoms with E-state index in [4.69, 9.17) is 4.74 Å². The molecule has 0 aliphatic heterocycles. The van der Waals surface area contributed by atoms with Crippen LogP contribution in [0, 0.1) is 12.7 Å². The topological polar surface area (TPSA) is 55.4 Å². The van der Waals surface area contributed by atoms with Gasteiger partial charge in [0.05, 0.1) is 17.7 Å². The molecule has 106 valence electrons. The van der Waals surface area contributed by atoms with Crippen LogP contribution in [0.5, 0.6) is 5.75 Å². The number of hydrogen-bond donors (Lipinski definition) is 1. The SMILES string of the molecule is COc1cccc(S(=O)(=O)Nc2ccc(F)cc2C)c1. The Hall–Kier alpha value is -2.08. The molecule has 0 atom stereocenters. The molecule has 0 aliphatic carbocycles. The summed E-state index contributed by atoms with van der Waals surface area (Å²) >= 11 is 0. The van der Waals surface area contributed by atoms with Crippen LogP contribution in [0.25, 0.3) is 0 Å². The second kappa shape index (κ2) is 5.50. The number of methoxy groups -OCH3 is 1. The van der Waals surface area contributed by atoms with Gasteiger partial charge in [0.25, 0.3) is 10.0 Å².